The Bertz CT molecular complexity index is 444. The lowest BCUT2D eigenvalue weighted by Gasteiger charge is -2.33. The van der Waals surface area contributed by atoms with Gasteiger partial charge in [-0.2, -0.15) is 17.4 Å². The zero-order valence-electron chi connectivity index (χ0n) is 10.6. The standard InChI is InChI=1S/C9H18N4O5S/c1-7(14)12-2-4-13(5-3-12)19(17,18)11-6-8(10)9(15)16/h8,11H,2-6,10H2,1H3,(H,15,16). The molecule has 1 aliphatic rings. The maximum absolute atomic E-state index is 11.9. The Labute approximate surface area is 111 Å². The molecular weight excluding hydrogens is 276 g/mol. The highest BCUT2D eigenvalue weighted by Gasteiger charge is 2.28. The van der Waals surface area contributed by atoms with Gasteiger partial charge < -0.3 is 15.7 Å². The van der Waals surface area contributed by atoms with E-state index in [4.69, 9.17) is 10.8 Å². The summed E-state index contributed by atoms with van der Waals surface area (Å²) < 4.78 is 27.0. The van der Waals surface area contributed by atoms with Gasteiger partial charge in [-0.25, -0.2) is 0 Å². The minimum Gasteiger partial charge on any atom is -0.480 e. The van der Waals surface area contributed by atoms with Gasteiger partial charge in [0.1, 0.15) is 6.04 Å². The number of piperazine rings is 1. The van der Waals surface area contributed by atoms with Crippen molar-refractivity contribution in [1.82, 2.24) is 13.9 Å². The molecule has 1 unspecified atom stereocenters. The average molecular weight is 294 g/mol. The molecule has 19 heavy (non-hydrogen) atoms. The Balaban J connectivity index is 2.51. The first-order valence-corrected chi connectivity index (χ1v) is 7.16. The second-order valence-electron chi connectivity index (χ2n) is 4.20. The lowest BCUT2D eigenvalue weighted by atomic mass is 10.3. The molecule has 0 radical (unpaired) electrons. The number of nitrogens with two attached hydrogens (primary N) is 1. The second kappa shape index (κ2) is 6.28. The van der Waals surface area contributed by atoms with Gasteiger partial charge in [-0.3, -0.25) is 9.59 Å². The van der Waals surface area contributed by atoms with Crippen molar-refractivity contribution < 1.29 is 23.1 Å². The number of hydrogen-bond donors (Lipinski definition) is 3. The smallest absolute Gasteiger partial charge is 0.321 e. The molecule has 1 rings (SSSR count). The van der Waals surface area contributed by atoms with Crippen LogP contribution in [-0.2, 0) is 19.8 Å². The molecule has 1 heterocycles. The van der Waals surface area contributed by atoms with Gasteiger partial charge in [-0.15, -0.1) is 0 Å². The Kier molecular flexibility index (Phi) is 5.23. The van der Waals surface area contributed by atoms with Gasteiger partial charge in [-0.05, 0) is 0 Å². The third-order valence-electron chi connectivity index (χ3n) is 2.83. The SMILES string of the molecule is CC(=O)N1CCN(S(=O)(=O)NCC(N)C(=O)O)CC1. The van der Waals surface area contributed by atoms with Crippen LogP contribution in [0, 0.1) is 0 Å². The monoisotopic (exact) mass is 294 g/mol. The van der Waals surface area contributed by atoms with E-state index >= 15 is 0 Å². The van der Waals surface area contributed by atoms with Crippen molar-refractivity contribution in [3.05, 3.63) is 0 Å². The quantitative estimate of drug-likeness (QED) is 0.509. The molecule has 0 aromatic rings. The van der Waals surface area contributed by atoms with Crippen LogP contribution in [0.1, 0.15) is 6.92 Å². The van der Waals surface area contributed by atoms with E-state index in [9.17, 15) is 18.0 Å². The summed E-state index contributed by atoms with van der Waals surface area (Å²) in [6, 6.07) is -1.28. The van der Waals surface area contributed by atoms with Gasteiger partial charge in [-0.1, -0.05) is 0 Å². The Morgan fingerprint density at radius 1 is 1.32 bits per heavy atom. The zero-order chi connectivity index (χ0) is 14.6. The lowest BCUT2D eigenvalue weighted by Crippen LogP contribution is -2.54. The van der Waals surface area contributed by atoms with Crippen molar-refractivity contribution in [1.29, 1.82) is 0 Å². The molecule has 110 valence electrons. The number of carboxylic acid groups (broad SMARTS) is 1. The highest BCUT2D eigenvalue weighted by atomic mass is 32.2. The molecule has 1 atom stereocenters. The van der Waals surface area contributed by atoms with Gasteiger partial charge in [0.15, 0.2) is 0 Å². The fourth-order valence-corrected chi connectivity index (χ4v) is 2.83. The normalized spacial score (nSPS) is 19.2. The first-order valence-electron chi connectivity index (χ1n) is 5.72. The Morgan fingerprint density at radius 2 is 1.84 bits per heavy atom. The summed E-state index contributed by atoms with van der Waals surface area (Å²) in [6.45, 7) is 2.05. The molecule has 0 aromatic carbocycles. The summed E-state index contributed by atoms with van der Waals surface area (Å²) in [4.78, 5) is 23.1. The van der Waals surface area contributed by atoms with Gasteiger partial charge in [0.25, 0.3) is 10.2 Å². The Morgan fingerprint density at radius 3 is 2.26 bits per heavy atom. The second-order valence-corrected chi connectivity index (χ2v) is 5.96. The molecule has 0 bridgehead atoms. The fourth-order valence-electron chi connectivity index (χ4n) is 1.62. The molecule has 1 fully saturated rings. The zero-order valence-corrected chi connectivity index (χ0v) is 11.4. The molecule has 9 nitrogen and oxygen atoms in total. The van der Waals surface area contributed by atoms with Crippen LogP contribution in [-0.4, -0.2) is 73.4 Å². The van der Waals surface area contributed by atoms with Gasteiger partial charge >= 0.3 is 5.97 Å². The minimum atomic E-state index is -3.76. The maximum Gasteiger partial charge on any atom is 0.321 e. The predicted molar refractivity (Wildman–Crippen MR) is 66.4 cm³/mol. The number of rotatable bonds is 5. The maximum atomic E-state index is 11.9. The first-order chi connectivity index (χ1) is 8.74. The molecule has 1 aliphatic heterocycles. The third kappa shape index (κ3) is 4.42. The van der Waals surface area contributed by atoms with Crippen molar-refractivity contribution in [2.45, 2.75) is 13.0 Å². The van der Waals surface area contributed by atoms with Gasteiger partial charge in [0.05, 0.1) is 0 Å². The van der Waals surface area contributed by atoms with Crippen LogP contribution in [0.5, 0.6) is 0 Å². The summed E-state index contributed by atoms with van der Waals surface area (Å²) in [7, 11) is -3.76. The van der Waals surface area contributed by atoms with E-state index < -0.39 is 22.2 Å². The van der Waals surface area contributed by atoms with Crippen LogP contribution in [0.4, 0.5) is 0 Å². The summed E-state index contributed by atoms with van der Waals surface area (Å²) >= 11 is 0. The summed E-state index contributed by atoms with van der Waals surface area (Å²) in [5.74, 6) is -1.37. The van der Waals surface area contributed by atoms with Crippen LogP contribution in [0.25, 0.3) is 0 Å². The van der Waals surface area contributed by atoms with Crippen LogP contribution in [0.15, 0.2) is 0 Å². The number of carbonyl (C=O) groups excluding carboxylic acids is 1. The number of nitrogens with zero attached hydrogens (tertiary/aromatic N) is 2. The van der Waals surface area contributed by atoms with Crippen LogP contribution >= 0.6 is 0 Å². The van der Waals surface area contributed by atoms with Crippen LogP contribution < -0.4 is 10.5 Å². The average Bonchev–Trinajstić information content (AvgIpc) is 2.36. The van der Waals surface area contributed by atoms with Gasteiger partial charge in [0, 0.05) is 39.6 Å². The highest BCUT2D eigenvalue weighted by Crippen LogP contribution is 2.06. The largest absolute Gasteiger partial charge is 0.480 e. The van der Waals surface area contributed by atoms with Crippen LogP contribution in [0.3, 0.4) is 0 Å². The summed E-state index contributed by atoms with van der Waals surface area (Å²) in [5.41, 5.74) is 5.22. The fraction of sp³-hybridized carbons (Fsp3) is 0.778. The van der Waals surface area contributed by atoms with E-state index in [0.29, 0.717) is 13.1 Å². The van der Waals surface area contributed by atoms with E-state index in [1.165, 1.54) is 11.2 Å². The molecular formula is C9H18N4O5S. The number of nitrogens with one attached hydrogen (secondary N) is 1. The minimum absolute atomic E-state index is 0.0992. The Hall–Kier alpha value is -1.23. The summed E-state index contributed by atoms with van der Waals surface area (Å²) in [6.07, 6.45) is 0. The van der Waals surface area contributed by atoms with Crippen molar-refractivity contribution in [3.8, 4) is 0 Å². The van der Waals surface area contributed by atoms with Crippen molar-refractivity contribution in [3.63, 3.8) is 0 Å². The molecule has 0 saturated carbocycles. The molecule has 4 N–H and O–H groups in total. The van der Waals surface area contributed by atoms with Crippen molar-refractivity contribution in [2.24, 2.45) is 5.73 Å². The number of hydrogen-bond acceptors (Lipinski definition) is 5. The number of aliphatic carboxylic acids is 1. The molecule has 10 heteroatoms. The number of amides is 1. The van der Waals surface area contributed by atoms with E-state index in [1.807, 2.05) is 0 Å². The molecule has 0 spiro atoms. The number of carboxylic acids is 1. The lowest BCUT2D eigenvalue weighted by molar-refractivity contribution is -0.138. The van der Waals surface area contributed by atoms with E-state index in [1.54, 1.807) is 4.90 Å². The van der Waals surface area contributed by atoms with E-state index in [0.717, 1.165) is 0 Å². The topological polar surface area (TPSA) is 133 Å². The predicted octanol–water partition coefficient (Wildman–Crippen LogP) is -2.60. The van der Waals surface area contributed by atoms with E-state index in [-0.39, 0.29) is 25.5 Å². The van der Waals surface area contributed by atoms with Crippen molar-refractivity contribution >= 4 is 22.1 Å². The molecule has 1 amide bonds. The van der Waals surface area contributed by atoms with Crippen LogP contribution in [0.2, 0.25) is 0 Å². The number of carbonyl (C=O) groups is 2. The third-order valence-corrected chi connectivity index (χ3v) is 4.40. The molecule has 1 saturated heterocycles. The first kappa shape index (κ1) is 15.8. The van der Waals surface area contributed by atoms with Crippen molar-refractivity contribution in [2.75, 3.05) is 32.7 Å². The highest BCUT2D eigenvalue weighted by molar-refractivity contribution is 7.87. The summed E-state index contributed by atoms with van der Waals surface area (Å²) in [5, 5.41) is 8.57. The molecule has 0 aromatic heterocycles. The molecule has 0 aliphatic carbocycles. The van der Waals surface area contributed by atoms with Gasteiger partial charge in [0.2, 0.25) is 5.91 Å². The van der Waals surface area contributed by atoms with E-state index in [2.05, 4.69) is 4.72 Å².